The summed E-state index contributed by atoms with van der Waals surface area (Å²) in [6.07, 6.45) is 0. The highest BCUT2D eigenvalue weighted by molar-refractivity contribution is 9.10. The predicted octanol–water partition coefficient (Wildman–Crippen LogP) is 5.06. The zero-order valence-electron chi connectivity index (χ0n) is 12.0. The molecule has 1 atom stereocenters. The van der Waals surface area contributed by atoms with Crippen LogP contribution in [0.2, 0.25) is 0 Å². The van der Waals surface area contributed by atoms with Gasteiger partial charge in [0.15, 0.2) is 0 Å². The number of aryl methyl sites for hydroxylation is 2. The Hall–Kier alpha value is -1.19. The molecule has 0 bridgehead atoms. The molecule has 1 nitrogen and oxygen atoms in total. The fraction of sp³-hybridized carbons (Fsp3) is 0.294. The summed E-state index contributed by atoms with van der Waals surface area (Å²) in [6.45, 7) is 7.10. The predicted molar refractivity (Wildman–Crippen MR) is 85.3 cm³/mol. The Morgan fingerprint density at radius 1 is 1.15 bits per heavy atom. The van der Waals surface area contributed by atoms with E-state index in [-0.39, 0.29) is 11.9 Å². The van der Waals surface area contributed by atoms with Crippen molar-refractivity contribution >= 4 is 15.9 Å². The van der Waals surface area contributed by atoms with Crippen molar-refractivity contribution < 1.29 is 4.39 Å². The monoisotopic (exact) mass is 335 g/mol. The van der Waals surface area contributed by atoms with E-state index in [2.05, 4.69) is 60.2 Å². The van der Waals surface area contributed by atoms with Crippen LogP contribution in [0.25, 0.3) is 0 Å². The second-order valence-electron chi connectivity index (χ2n) is 5.21. The van der Waals surface area contributed by atoms with Crippen LogP contribution in [0.15, 0.2) is 40.9 Å². The largest absolute Gasteiger partial charge is 0.306 e. The molecule has 20 heavy (non-hydrogen) atoms. The molecular formula is C17H19BrFN. The number of benzene rings is 2. The first-order chi connectivity index (χ1) is 9.47. The molecule has 0 aliphatic carbocycles. The number of hydrogen-bond acceptors (Lipinski definition) is 1. The van der Waals surface area contributed by atoms with Crippen molar-refractivity contribution in [3.8, 4) is 0 Å². The molecule has 0 saturated carbocycles. The van der Waals surface area contributed by atoms with E-state index >= 15 is 0 Å². The first-order valence-corrected chi connectivity index (χ1v) is 7.51. The maximum atomic E-state index is 13.2. The van der Waals surface area contributed by atoms with Crippen LogP contribution in [-0.2, 0) is 6.54 Å². The van der Waals surface area contributed by atoms with Gasteiger partial charge in [0.05, 0.1) is 4.47 Å². The summed E-state index contributed by atoms with van der Waals surface area (Å²) in [6, 6.07) is 11.9. The van der Waals surface area contributed by atoms with Crippen LogP contribution in [-0.4, -0.2) is 0 Å². The van der Waals surface area contributed by atoms with E-state index in [0.717, 1.165) is 5.56 Å². The van der Waals surface area contributed by atoms with Crippen molar-refractivity contribution in [1.29, 1.82) is 0 Å². The minimum atomic E-state index is -0.226. The first kappa shape index (κ1) is 15.2. The van der Waals surface area contributed by atoms with E-state index in [1.807, 2.05) is 12.1 Å². The zero-order chi connectivity index (χ0) is 14.7. The van der Waals surface area contributed by atoms with Crippen LogP contribution in [0.1, 0.15) is 35.2 Å². The van der Waals surface area contributed by atoms with Crippen molar-refractivity contribution in [1.82, 2.24) is 5.32 Å². The van der Waals surface area contributed by atoms with Crippen LogP contribution >= 0.6 is 15.9 Å². The van der Waals surface area contributed by atoms with Crippen molar-refractivity contribution in [3.63, 3.8) is 0 Å². The van der Waals surface area contributed by atoms with Crippen molar-refractivity contribution in [2.45, 2.75) is 33.4 Å². The molecule has 0 saturated heterocycles. The van der Waals surface area contributed by atoms with Gasteiger partial charge in [0.2, 0.25) is 0 Å². The summed E-state index contributed by atoms with van der Waals surface area (Å²) in [5.74, 6) is -0.226. The van der Waals surface area contributed by atoms with E-state index in [0.29, 0.717) is 11.0 Å². The van der Waals surface area contributed by atoms with Gasteiger partial charge in [-0.1, -0.05) is 29.8 Å². The van der Waals surface area contributed by atoms with E-state index in [9.17, 15) is 4.39 Å². The second-order valence-corrected chi connectivity index (χ2v) is 6.07. The maximum Gasteiger partial charge on any atom is 0.137 e. The van der Waals surface area contributed by atoms with Crippen LogP contribution in [0.3, 0.4) is 0 Å². The summed E-state index contributed by atoms with van der Waals surface area (Å²) in [5, 5.41) is 3.48. The van der Waals surface area contributed by atoms with Crippen LogP contribution in [0.5, 0.6) is 0 Å². The molecule has 0 radical (unpaired) electrons. The smallest absolute Gasteiger partial charge is 0.137 e. The van der Waals surface area contributed by atoms with Gasteiger partial charge in [-0.3, -0.25) is 0 Å². The number of nitrogens with one attached hydrogen (secondary N) is 1. The summed E-state index contributed by atoms with van der Waals surface area (Å²) < 4.78 is 13.7. The molecule has 0 aromatic heterocycles. The fourth-order valence-electron chi connectivity index (χ4n) is 2.34. The average molecular weight is 336 g/mol. The molecular weight excluding hydrogens is 317 g/mol. The molecule has 0 amide bonds. The van der Waals surface area contributed by atoms with Gasteiger partial charge in [-0.15, -0.1) is 0 Å². The van der Waals surface area contributed by atoms with Gasteiger partial charge in [-0.2, -0.15) is 0 Å². The van der Waals surface area contributed by atoms with Gasteiger partial charge in [0.25, 0.3) is 0 Å². The summed E-state index contributed by atoms with van der Waals surface area (Å²) in [4.78, 5) is 0. The van der Waals surface area contributed by atoms with Crippen LogP contribution in [0, 0.1) is 19.7 Å². The number of hydrogen-bond donors (Lipinski definition) is 1. The van der Waals surface area contributed by atoms with E-state index < -0.39 is 0 Å². The molecule has 1 unspecified atom stereocenters. The average Bonchev–Trinajstić information content (AvgIpc) is 2.40. The van der Waals surface area contributed by atoms with E-state index in [1.54, 1.807) is 0 Å². The highest BCUT2D eigenvalue weighted by Gasteiger charge is 2.08. The highest BCUT2D eigenvalue weighted by atomic mass is 79.9. The third-order valence-corrected chi connectivity index (χ3v) is 4.10. The molecule has 2 aromatic carbocycles. The van der Waals surface area contributed by atoms with Gasteiger partial charge in [0.1, 0.15) is 5.82 Å². The third-order valence-electron chi connectivity index (χ3n) is 3.49. The minimum absolute atomic E-state index is 0.226. The van der Waals surface area contributed by atoms with Gasteiger partial charge in [0, 0.05) is 12.6 Å². The molecule has 1 N–H and O–H groups in total. The van der Waals surface area contributed by atoms with Crippen LogP contribution < -0.4 is 5.32 Å². The Labute approximate surface area is 128 Å². The van der Waals surface area contributed by atoms with Crippen molar-refractivity contribution in [2.75, 3.05) is 0 Å². The van der Waals surface area contributed by atoms with Crippen molar-refractivity contribution in [3.05, 3.63) is 68.9 Å². The highest BCUT2D eigenvalue weighted by Crippen LogP contribution is 2.20. The number of halogens is 2. The Balaban J connectivity index is 2.04. The molecule has 0 aliphatic heterocycles. The maximum absolute atomic E-state index is 13.2. The van der Waals surface area contributed by atoms with Gasteiger partial charge < -0.3 is 5.32 Å². The third kappa shape index (κ3) is 3.68. The van der Waals surface area contributed by atoms with E-state index in [4.69, 9.17) is 0 Å². The number of rotatable bonds is 4. The van der Waals surface area contributed by atoms with Crippen molar-refractivity contribution in [2.24, 2.45) is 0 Å². The van der Waals surface area contributed by atoms with Gasteiger partial charge in [-0.05, 0) is 65.5 Å². The minimum Gasteiger partial charge on any atom is -0.306 e. The fourth-order valence-corrected chi connectivity index (χ4v) is 2.77. The topological polar surface area (TPSA) is 12.0 Å². The Morgan fingerprint density at radius 2 is 1.90 bits per heavy atom. The first-order valence-electron chi connectivity index (χ1n) is 6.72. The Bertz CT molecular complexity index is 610. The lowest BCUT2D eigenvalue weighted by Gasteiger charge is -2.17. The summed E-state index contributed by atoms with van der Waals surface area (Å²) >= 11 is 3.21. The summed E-state index contributed by atoms with van der Waals surface area (Å²) in [7, 11) is 0. The molecule has 0 fully saturated rings. The molecule has 2 rings (SSSR count). The molecule has 0 heterocycles. The standard InChI is InChI=1S/C17H19BrFN/c1-11-4-6-15(12(2)8-11)13(3)20-10-14-5-7-17(19)16(18)9-14/h4-9,13,20H,10H2,1-3H3. The molecule has 106 valence electrons. The zero-order valence-corrected chi connectivity index (χ0v) is 13.6. The molecule has 0 aliphatic rings. The Kier molecular flexibility index (Phi) is 4.95. The SMILES string of the molecule is Cc1ccc(C(C)NCc2ccc(F)c(Br)c2)c(C)c1. The summed E-state index contributed by atoms with van der Waals surface area (Å²) in [5.41, 5.74) is 4.94. The second kappa shape index (κ2) is 6.51. The van der Waals surface area contributed by atoms with Crippen LogP contribution in [0.4, 0.5) is 4.39 Å². The normalized spacial score (nSPS) is 12.4. The quantitative estimate of drug-likeness (QED) is 0.823. The molecule has 0 spiro atoms. The van der Waals surface area contributed by atoms with E-state index in [1.165, 1.54) is 22.8 Å². The molecule has 2 aromatic rings. The lowest BCUT2D eigenvalue weighted by Crippen LogP contribution is -2.19. The lowest BCUT2D eigenvalue weighted by atomic mass is 10.00. The lowest BCUT2D eigenvalue weighted by molar-refractivity contribution is 0.569. The molecule has 3 heteroatoms. The Morgan fingerprint density at radius 3 is 2.55 bits per heavy atom. The van der Waals surface area contributed by atoms with Gasteiger partial charge >= 0.3 is 0 Å². The van der Waals surface area contributed by atoms with Gasteiger partial charge in [-0.25, -0.2) is 4.39 Å².